The molecular weight excluding hydrogens is 317 g/mol. The normalized spacial score (nSPS) is 10.6. The number of imidazole rings is 1. The zero-order chi connectivity index (χ0) is 14.7. The molecule has 0 radical (unpaired) electrons. The van der Waals surface area contributed by atoms with Crippen molar-refractivity contribution in [3.63, 3.8) is 0 Å². The summed E-state index contributed by atoms with van der Waals surface area (Å²) in [7, 11) is 0. The molecule has 0 aliphatic rings. The molecule has 2 rings (SSSR count). The molecular formula is C13H13Cl2N3OS. The summed E-state index contributed by atoms with van der Waals surface area (Å²) in [5, 5.41) is 4.37. The van der Waals surface area contributed by atoms with Gasteiger partial charge in [-0.05, 0) is 32.0 Å². The molecule has 2 aromatic rings. The van der Waals surface area contributed by atoms with Crippen LogP contribution in [-0.4, -0.2) is 21.6 Å². The van der Waals surface area contributed by atoms with Crippen LogP contribution < -0.4 is 5.32 Å². The molecule has 7 heteroatoms. The average molecular weight is 330 g/mol. The third kappa shape index (κ3) is 3.91. The number of hydrogen-bond donors (Lipinski definition) is 2. The number of halogens is 2. The fourth-order valence-corrected chi connectivity index (χ4v) is 2.55. The van der Waals surface area contributed by atoms with Gasteiger partial charge in [-0.15, -0.1) is 0 Å². The number of rotatable bonds is 4. The summed E-state index contributed by atoms with van der Waals surface area (Å²) in [6.45, 7) is 3.87. The largest absolute Gasteiger partial charge is 0.337 e. The number of thioether (sulfide) groups is 1. The molecule has 4 nitrogen and oxygen atoms in total. The van der Waals surface area contributed by atoms with Crippen molar-refractivity contribution in [2.45, 2.75) is 19.0 Å². The maximum absolute atomic E-state index is 11.8. The number of nitrogens with one attached hydrogen (secondary N) is 2. The van der Waals surface area contributed by atoms with Crippen molar-refractivity contribution in [2.24, 2.45) is 0 Å². The van der Waals surface area contributed by atoms with Gasteiger partial charge >= 0.3 is 0 Å². The van der Waals surface area contributed by atoms with Gasteiger partial charge in [-0.1, -0.05) is 35.0 Å². The Labute approximate surface area is 131 Å². The zero-order valence-electron chi connectivity index (χ0n) is 11.0. The minimum Gasteiger partial charge on any atom is -0.337 e. The number of hydrogen-bond acceptors (Lipinski definition) is 3. The smallest absolute Gasteiger partial charge is 0.234 e. The van der Waals surface area contributed by atoms with E-state index in [-0.39, 0.29) is 11.7 Å². The maximum atomic E-state index is 11.8. The van der Waals surface area contributed by atoms with Crippen LogP contribution >= 0.6 is 35.0 Å². The molecule has 1 aromatic heterocycles. The number of carbonyl (C=O) groups is 1. The molecule has 0 saturated heterocycles. The van der Waals surface area contributed by atoms with E-state index in [1.807, 2.05) is 13.8 Å². The monoisotopic (exact) mass is 329 g/mol. The molecule has 1 amide bonds. The molecule has 2 N–H and O–H groups in total. The van der Waals surface area contributed by atoms with Crippen LogP contribution in [0.25, 0.3) is 0 Å². The van der Waals surface area contributed by atoms with Crippen molar-refractivity contribution in [3.05, 3.63) is 39.6 Å². The molecule has 0 bridgehead atoms. The SMILES string of the molecule is Cc1nc(SCC(=O)Nc2ccc(Cl)c(Cl)c2)[nH]c1C. The van der Waals surface area contributed by atoms with Gasteiger partial charge in [0, 0.05) is 11.4 Å². The number of aryl methyl sites for hydroxylation is 2. The first kappa shape index (κ1) is 15.2. The first-order valence-electron chi connectivity index (χ1n) is 5.86. The fourth-order valence-electron chi connectivity index (χ4n) is 1.49. The van der Waals surface area contributed by atoms with E-state index < -0.39 is 0 Å². The minimum atomic E-state index is -0.125. The first-order valence-corrected chi connectivity index (χ1v) is 7.61. The van der Waals surface area contributed by atoms with Crippen LogP contribution in [0.3, 0.4) is 0 Å². The number of benzene rings is 1. The van der Waals surface area contributed by atoms with Gasteiger partial charge < -0.3 is 10.3 Å². The number of aromatic nitrogens is 2. The summed E-state index contributed by atoms with van der Waals surface area (Å²) >= 11 is 13.1. The van der Waals surface area contributed by atoms with Crippen molar-refractivity contribution >= 4 is 46.6 Å². The summed E-state index contributed by atoms with van der Waals surface area (Å²) < 4.78 is 0. The van der Waals surface area contributed by atoms with E-state index in [1.165, 1.54) is 11.8 Å². The lowest BCUT2D eigenvalue weighted by molar-refractivity contribution is -0.113. The second-order valence-electron chi connectivity index (χ2n) is 4.22. The van der Waals surface area contributed by atoms with Gasteiger partial charge in [0.25, 0.3) is 0 Å². The number of amides is 1. The average Bonchev–Trinajstić information content (AvgIpc) is 2.71. The second-order valence-corrected chi connectivity index (χ2v) is 6.00. The van der Waals surface area contributed by atoms with Crippen LogP contribution in [0.4, 0.5) is 5.69 Å². The Bertz CT molecular complexity index is 623. The Morgan fingerprint density at radius 2 is 2.10 bits per heavy atom. The highest BCUT2D eigenvalue weighted by Gasteiger charge is 2.08. The number of aromatic amines is 1. The van der Waals surface area contributed by atoms with E-state index in [0.717, 1.165) is 16.5 Å². The van der Waals surface area contributed by atoms with Crippen molar-refractivity contribution in [1.29, 1.82) is 0 Å². The first-order chi connectivity index (χ1) is 9.45. The molecule has 0 fully saturated rings. The van der Waals surface area contributed by atoms with Crippen LogP contribution in [0, 0.1) is 13.8 Å². The summed E-state index contributed by atoms with van der Waals surface area (Å²) in [5.74, 6) is 0.146. The Balaban J connectivity index is 1.90. The van der Waals surface area contributed by atoms with Crippen LogP contribution in [0.2, 0.25) is 10.0 Å². The van der Waals surface area contributed by atoms with Crippen molar-refractivity contribution in [3.8, 4) is 0 Å². The van der Waals surface area contributed by atoms with E-state index in [2.05, 4.69) is 15.3 Å². The van der Waals surface area contributed by atoms with Crippen molar-refractivity contribution in [2.75, 3.05) is 11.1 Å². The van der Waals surface area contributed by atoms with Crippen LogP contribution in [0.5, 0.6) is 0 Å². The lowest BCUT2D eigenvalue weighted by atomic mass is 10.3. The quantitative estimate of drug-likeness (QED) is 0.831. The molecule has 1 aromatic carbocycles. The van der Waals surface area contributed by atoms with Gasteiger partial charge in [-0.3, -0.25) is 4.79 Å². The van der Waals surface area contributed by atoms with E-state index in [9.17, 15) is 4.79 Å². The Hall–Kier alpha value is -1.17. The number of carbonyl (C=O) groups excluding carboxylic acids is 1. The second kappa shape index (κ2) is 6.52. The predicted octanol–water partition coefficient (Wildman–Crippen LogP) is 4.06. The number of anilines is 1. The molecule has 0 spiro atoms. The third-order valence-corrected chi connectivity index (χ3v) is 4.26. The lowest BCUT2D eigenvalue weighted by Gasteiger charge is -2.05. The highest BCUT2D eigenvalue weighted by molar-refractivity contribution is 7.99. The van der Waals surface area contributed by atoms with E-state index >= 15 is 0 Å². The predicted molar refractivity (Wildman–Crippen MR) is 83.9 cm³/mol. The van der Waals surface area contributed by atoms with Crippen LogP contribution in [0.15, 0.2) is 23.4 Å². The topological polar surface area (TPSA) is 57.8 Å². The third-order valence-electron chi connectivity index (χ3n) is 2.65. The van der Waals surface area contributed by atoms with Gasteiger partial charge in [0.05, 0.1) is 21.5 Å². The summed E-state index contributed by atoms with van der Waals surface area (Å²) in [6, 6.07) is 4.97. The molecule has 0 unspecified atom stereocenters. The zero-order valence-corrected chi connectivity index (χ0v) is 13.3. The van der Waals surface area contributed by atoms with E-state index in [4.69, 9.17) is 23.2 Å². The molecule has 1 heterocycles. The summed E-state index contributed by atoms with van der Waals surface area (Å²) in [6.07, 6.45) is 0. The van der Waals surface area contributed by atoms with Crippen LogP contribution in [-0.2, 0) is 4.79 Å². The van der Waals surface area contributed by atoms with E-state index in [0.29, 0.717) is 15.7 Å². The minimum absolute atomic E-state index is 0.125. The highest BCUT2D eigenvalue weighted by atomic mass is 35.5. The fraction of sp³-hybridized carbons (Fsp3) is 0.231. The van der Waals surface area contributed by atoms with E-state index in [1.54, 1.807) is 18.2 Å². The van der Waals surface area contributed by atoms with Gasteiger partial charge in [0.1, 0.15) is 0 Å². The Kier molecular flexibility index (Phi) is 4.96. The highest BCUT2D eigenvalue weighted by Crippen LogP contribution is 2.25. The van der Waals surface area contributed by atoms with Crippen LogP contribution in [0.1, 0.15) is 11.4 Å². The number of nitrogens with zero attached hydrogens (tertiary/aromatic N) is 1. The standard InChI is InChI=1S/C13H13Cl2N3OS/c1-7-8(2)17-13(16-7)20-6-12(19)18-9-3-4-10(14)11(15)5-9/h3-5H,6H2,1-2H3,(H,16,17)(H,18,19). The Morgan fingerprint density at radius 3 is 2.70 bits per heavy atom. The molecule has 0 atom stereocenters. The lowest BCUT2D eigenvalue weighted by Crippen LogP contribution is -2.14. The summed E-state index contributed by atoms with van der Waals surface area (Å²) in [4.78, 5) is 19.2. The number of H-pyrrole nitrogens is 1. The molecule has 0 aliphatic carbocycles. The summed E-state index contributed by atoms with van der Waals surface area (Å²) in [5.41, 5.74) is 2.58. The van der Waals surface area contributed by atoms with Gasteiger partial charge in [-0.25, -0.2) is 4.98 Å². The van der Waals surface area contributed by atoms with Gasteiger partial charge in [0.2, 0.25) is 5.91 Å². The molecule has 0 saturated carbocycles. The van der Waals surface area contributed by atoms with Crippen molar-refractivity contribution < 1.29 is 4.79 Å². The molecule has 0 aliphatic heterocycles. The molecule has 106 valence electrons. The van der Waals surface area contributed by atoms with Gasteiger partial charge in [-0.2, -0.15) is 0 Å². The Morgan fingerprint density at radius 1 is 1.35 bits per heavy atom. The molecule has 20 heavy (non-hydrogen) atoms. The van der Waals surface area contributed by atoms with Gasteiger partial charge in [0.15, 0.2) is 5.16 Å². The maximum Gasteiger partial charge on any atom is 0.234 e. The van der Waals surface area contributed by atoms with Crippen molar-refractivity contribution in [1.82, 2.24) is 9.97 Å².